The van der Waals surface area contributed by atoms with Crippen LogP contribution in [0.1, 0.15) is 18.4 Å². The van der Waals surface area contributed by atoms with Crippen molar-refractivity contribution in [2.75, 3.05) is 20.8 Å². The molecule has 0 heterocycles. The molecule has 0 spiro atoms. The van der Waals surface area contributed by atoms with Gasteiger partial charge in [-0.25, -0.2) is 4.79 Å². The molecule has 1 atom stereocenters. The molecule has 0 aromatic heterocycles. The maximum atomic E-state index is 12.2. The van der Waals surface area contributed by atoms with Crippen LogP contribution in [0.25, 0.3) is 0 Å². The van der Waals surface area contributed by atoms with Crippen molar-refractivity contribution in [2.45, 2.75) is 25.3 Å². The van der Waals surface area contributed by atoms with Gasteiger partial charge in [0.05, 0.1) is 20.8 Å². The summed E-state index contributed by atoms with van der Waals surface area (Å²) in [5, 5.41) is 2.74. The Morgan fingerprint density at radius 2 is 1.63 bits per heavy atom. The maximum absolute atomic E-state index is 12.2. The monoisotopic (exact) mass is 371 g/mol. The molecule has 0 aliphatic heterocycles. The Morgan fingerprint density at radius 1 is 0.963 bits per heavy atom. The molecule has 0 aliphatic carbocycles. The van der Waals surface area contributed by atoms with Crippen molar-refractivity contribution >= 4 is 11.9 Å². The van der Waals surface area contributed by atoms with Gasteiger partial charge in [0, 0.05) is 12.8 Å². The minimum Gasteiger partial charge on any atom is -0.497 e. The van der Waals surface area contributed by atoms with E-state index in [1.807, 2.05) is 54.6 Å². The third kappa shape index (κ3) is 7.01. The summed E-state index contributed by atoms with van der Waals surface area (Å²) >= 11 is 0. The summed E-state index contributed by atoms with van der Waals surface area (Å²) in [6.07, 6.45) is 1.19. The maximum Gasteiger partial charge on any atom is 0.328 e. The Kier molecular flexibility index (Phi) is 8.16. The van der Waals surface area contributed by atoms with Crippen molar-refractivity contribution in [3.8, 4) is 11.5 Å². The van der Waals surface area contributed by atoms with Gasteiger partial charge < -0.3 is 19.5 Å². The quantitative estimate of drug-likeness (QED) is 0.513. The summed E-state index contributed by atoms with van der Waals surface area (Å²) in [6.45, 7) is 0.404. The minimum atomic E-state index is -0.701. The van der Waals surface area contributed by atoms with Gasteiger partial charge in [0.25, 0.3) is 0 Å². The Morgan fingerprint density at radius 3 is 2.26 bits per heavy atom. The summed E-state index contributed by atoms with van der Waals surface area (Å²) in [7, 11) is 2.92. The van der Waals surface area contributed by atoms with Crippen LogP contribution in [-0.2, 0) is 20.7 Å². The predicted octanol–water partition coefficient (Wildman–Crippen LogP) is 2.75. The number of hydrogen-bond acceptors (Lipinski definition) is 5. The first-order chi connectivity index (χ1) is 13.1. The number of carbonyl (C=O) groups is 2. The van der Waals surface area contributed by atoms with E-state index in [2.05, 4.69) is 5.32 Å². The number of carbonyl (C=O) groups excluding carboxylic acids is 2. The summed E-state index contributed by atoms with van der Waals surface area (Å²) in [5.41, 5.74) is 0.955. The molecule has 6 heteroatoms. The highest BCUT2D eigenvalue weighted by Gasteiger charge is 2.21. The molecular weight excluding hydrogens is 346 g/mol. The van der Waals surface area contributed by atoms with Crippen molar-refractivity contribution in [3.05, 3.63) is 60.2 Å². The number of hydrogen-bond donors (Lipinski definition) is 1. The van der Waals surface area contributed by atoms with Gasteiger partial charge in [-0.15, -0.1) is 0 Å². The van der Waals surface area contributed by atoms with E-state index in [4.69, 9.17) is 14.2 Å². The van der Waals surface area contributed by atoms with E-state index in [1.54, 1.807) is 7.11 Å². The van der Waals surface area contributed by atoms with E-state index in [9.17, 15) is 9.59 Å². The molecule has 0 fully saturated rings. The van der Waals surface area contributed by atoms with Crippen LogP contribution in [0.15, 0.2) is 54.6 Å². The second-order valence-corrected chi connectivity index (χ2v) is 5.96. The third-order valence-corrected chi connectivity index (χ3v) is 3.98. The standard InChI is InChI=1S/C21H25NO5/c1-25-17-10-12-18(13-11-17)27-14-6-9-20(23)22-19(21(24)26-2)15-16-7-4-3-5-8-16/h3-5,7-8,10-13,19H,6,9,14-15H2,1-2H3,(H,22,23). The number of esters is 1. The molecule has 1 N–H and O–H groups in total. The van der Waals surface area contributed by atoms with Crippen LogP contribution >= 0.6 is 0 Å². The highest BCUT2D eigenvalue weighted by Crippen LogP contribution is 2.17. The van der Waals surface area contributed by atoms with Gasteiger partial charge in [-0.3, -0.25) is 4.79 Å². The van der Waals surface area contributed by atoms with E-state index in [0.717, 1.165) is 11.3 Å². The molecule has 0 saturated carbocycles. The van der Waals surface area contributed by atoms with E-state index in [1.165, 1.54) is 7.11 Å². The molecule has 0 radical (unpaired) electrons. The second kappa shape index (κ2) is 10.9. The van der Waals surface area contributed by atoms with Crippen LogP contribution < -0.4 is 14.8 Å². The molecule has 0 bridgehead atoms. The molecular formula is C21H25NO5. The van der Waals surface area contributed by atoms with Crippen molar-refractivity contribution in [1.29, 1.82) is 0 Å². The summed E-state index contributed by atoms with van der Waals surface area (Å²) in [6, 6.07) is 16.0. The fourth-order valence-corrected chi connectivity index (χ4v) is 2.55. The van der Waals surface area contributed by atoms with Crippen LogP contribution in [0.5, 0.6) is 11.5 Å². The first-order valence-electron chi connectivity index (χ1n) is 8.80. The Labute approximate surface area is 159 Å². The molecule has 27 heavy (non-hydrogen) atoms. The first kappa shape index (κ1) is 20.3. The van der Waals surface area contributed by atoms with Crippen LogP contribution in [0.3, 0.4) is 0 Å². The zero-order chi connectivity index (χ0) is 19.5. The molecule has 1 unspecified atom stereocenters. The van der Waals surface area contributed by atoms with Crippen LogP contribution in [0.2, 0.25) is 0 Å². The van der Waals surface area contributed by atoms with Crippen LogP contribution in [-0.4, -0.2) is 38.7 Å². The average molecular weight is 371 g/mol. The lowest BCUT2D eigenvalue weighted by atomic mass is 10.1. The SMILES string of the molecule is COC(=O)C(Cc1ccccc1)NC(=O)CCCOc1ccc(OC)cc1. The molecule has 144 valence electrons. The Bertz CT molecular complexity index is 715. The van der Waals surface area contributed by atoms with Crippen molar-refractivity contribution in [2.24, 2.45) is 0 Å². The topological polar surface area (TPSA) is 73.9 Å². The highest BCUT2D eigenvalue weighted by atomic mass is 16.5. The molecule has 2 aromatic rings. The fraction of sp³-hybridized carbons (Fsp3) is 0.333. The second-order valence-electron chi connectivity index (χ2n) is 5.96. The normalized spacial score (nSPS) is 11.3. The summed E-state index contributed by atoms with van der Waals surface area (Å²) in [5.74, 6) is 0.808. The van der Waals surface area contributed by atoms with E-state index < -0.39 is 12.0 Å². The van der Waals surface area contributed by atoms with Crippen molar-refractivity contribution < 1.29 is 23.8 Å². The van der Waals surface area contributed by atoms with Gasteiger partial charge in [0.15, 0.2) is 0 Å². The zero-order valence-electron chi connectivity index (χ0n) is 15.6. The van der Waals surface area contributed by atoms with Crippen LogP contribution in [0, 0.1) is 0 Å². The highest BCUT2D eigenvalue weighted by molar-refractivity contribution is 5.84. The number of nitrogens with one attached hydrogen (secondary N) is 1. The molecule has 0 aliphatic rings. The molecule has 6 nitrogen and oxygen atoms in total. The lowest BCUT2D eigenvalue weighted by molar-refractivity contribution is -0.145. The Hall–Kier alpha value is -3.02. The molecule has 1 amide bonds. The number of ether oxygens (including phenoxy) is 3. The van der Waals surface area contributed by atoms with Crippen LogP contribution in [0.4, 0.5) is 0 Å². The zero-order valence-corrected chi connectivity index (χ0v) is 15.6. The Balaban J connectivity index is 1.76. The number of rotatable bonds is 10. The largest absolute Gasteiger partial charge is 0.497 e. The van der Waals surface area contributed by atoms with Gasteiger partial charge in [-0.05, 0) is 36.2 Å². The van der Waals surface area contributed by atoms with Crippen molar-refractivity contribution in [3.63, 3.8) is 0 Å². The first-order valence-corrected chi connectivity index (χ1v) is 8.80. The van der Waals surface area contributed by atoms with Gasteiger partial charge in [0.1, 0.15) is 17.5 Å². The lowest BCUT2D eigenvalue weighted by Gasteiger charge is -2.16. The number of methoxy groups -OCH3 is 2. The van der Waals surface area contributed by atoms with E-state index in [0.29, 0.717) is 25.2 Å². The van der Waals surface area contributed by atoms with E-state index >= 15 is 0 Å². The minimum absolute atomic E-state index is 0.209. The van der Waals surface area contributed by atoms with Crippen molar-refractivity contribution in [1.82, 2.24) is 5.32 Å². The predicted molar refractivity (Wildman–Crippen MR) is 102 cm³/mol. The average Bonchev–Trinajstić information content (AvgIpc) is 2.71. The third-order valence-electron chi connectivity index (χ3n) is 3.98. The molecule has 0 saturated heterocycles. The van der Waals surface area contributed by atoms with Gasteiger partial charge in [-0.2, -0.15) is 0 Å². The fourth-order valence-electron chi connectivity index (χ4n) is 2.55. The number of amides is 1. The summed E-state index contributed by atoms with van der Waals surface area (Å²) < 4.78 is 15.5. The van der Waals surface area contributed by atoms with Gasteiger partial charge in [0.2, 0.25) is 5.91 Å². The smallest absolute Gasteiger partial charge is 0.328 e. The molecule has 2 aromatic carbocycles. The summed E-state index contributed by atoms with van der Waals surface area (Å²) in [4.78, 5) is 24.1. The molecule has 2 rings (SSSR count). The lowest BCUT2D eigenvalue weighted by Crippen LogP contribution is -2.43. The van der Waals surface area contributed by atoms with E-state index in [-0.39, 0.29) is 12.3 Å². The number of benzene rings is 2. The van der Waals surface area contributed by atoms with Gasteiger partial charge in [-0.1, -0.05) is 30.3 Å². The van der Waals surface area contributed by atoms with Gasteiger partial charge >= 0.3 is 5.97 Å².